The van der Waals surface area contributed by atoms with Crippen molar-refractivity contribution in [1.29, 1.82) is 0 Å². The molecule has 1 heterocycles. The van der Waals surface area contributed by atoms with Crippen LogP contribution in [0, 0.1) is 0 Å². The van der Waals surface area contributed by atoms with E-state index in [4.69, 9.17) is 4.74 Å². The maximum atomic E-state index is 13.3. The molecule has 0 spiro atoms. The highest BCUT2D eigenvalue weighted by molar-refractivity contribution is 9.10. The number of esters is 1. The normalized spacial score (nSPS) is 11.2. The average molecular weight is 395 g/mol. The zero-order valence-electron chi connectivity index (χ0n) is 12.5. The maximum absolute atomic E-state index is 13.3. The van der Waals surface area contributed by atoms with Gasteiger partial charge in [0.15, 0.2) is 5.82 Å². The first-order chi connectivity index (χ1) is 11.5. The average Bonchev–Trinajstić information content (AvgIpc) is 2.93. The molecule has 0 radical (unpaired) electrons. The van der Waals surface area contributed by atoms with Crippen LogP contribution < -0.4 is 0 Å². The summed E-state index contributed by atoms with van der Waals surface area (Å²) in [4.78, 5) is 16.0. The number of benzene rings is 2. The number of nitrogens with zero attached hydrogens (tertiary/aromatic N) is 2. The number of alkyl halides is 2. The fourth-order valence-electron chi connectivity index (χ4n) is 2.38. The van der Waals surface area contributed by atoms with Crippen LogP contribution in [0.1, 0.15) is 17.9 Å². The van der Waals surface area contributed by atoms with Gasteiger partial charge < -0.3 is 4.74 Å². The molecule has 3 aromatic rings. The van der Waals surface area contributed by atoms with Gasteiger partial charge in [-0.15, -0.1) is 0 Å². The number of imidazole rings is 1. The van der Waals surface area contributed by atoms with E-state index in [9.17, 15) is 13.6 Å². The van der Waals surface area contributed by atoms with Gasteiger partial charge in [-0.05, 0) is 29.8 Å². The summed E-state index contributed by atoms with van der Waals surface area (Å²) >= 11 is 3.31. The molecule has 3 rings (SSSR count). The van der Waals surface area contributed by atoms with E-state index in [1.54, 1.807) is 36.4 Å². The van der Waals surface area contributed by atoms with E-state index in [1.807, 2.05) is 12.1 Å². The van der Waals surface area contributed by atoms with Gasteiger partial charge in [-0.2, -0.15) is 8.78 Å². The number of carbonyl (C=O) groups is 1. The number of carbonyl (C=O) groups excluding carboxylic acids is 1. The minimum atomic E-state index is -2.75. The molecule has 124 valence electrons. The first-order valence-corrected chi connectivity index (χ1v) is 7.98. The quantitative estimate of drug-likeness (QED) is 0.599. The fraction of sp³-hybridized carbons (Fsp3) is 0.176. The van der Waals surface area contributed by atoms with Crippen molar-refractivity contribution in [3.63, 3.8) is 0 Å². The van der Waals surface area contributed by atoms with Gasteiger partial charge in [0, 0.05) is 4.47 Å². The minimum absolute atomic E-state index is 0.0235. The lowest BCUT2D eigenvalue weighted by Gasteiger charge is -2.08. The van der Waals surface area contributed by atoms with Crippen LogP contribution in [0.25, 0.3) is 11.0 Å². The van der Waals surface area contributed by atoms with Crippen molar-refractivity contribution < 1.29 is 18.3 Å². The van der Waals surface area contributed by atoms with Crippen LogP contribution in [-0.4, -0.2) is 15.5 Å². The third-order valence-corrected chi connectivity index (χ3v) is 4.02. The summed E-state index contributed by atoms with van der Waals surface area (Å²) in [6, 6.07) is 13.8. The second-order valence-corrected chi connectivity index (χ2v) is 6.04. The van der Waals surface area contributed by atoms with E-state index < -0.39 is 12.5 Å². The van der Waals surface area contributed by atoms with Gasteiger partial charge in [-0.3, -0.25) is 9.36 Å². The molecule has 0 saturated carbocycles. The molecule has 0 unspecified atom stereocenters. The Morgan fingerprint density at radius 1 is 1.17 bits per heavy atom. The molecule has 0 aliphatic heterocycles. The van der Waals surface area contributed by atoms with Gasteiger partial charge in [0.2, 0.25) is 0 Å². The summed E-state index contributed by atoms with van der Waals surface area (Å²) in [6.45, 7) is -3.05. The van der Waals surface area contributed by atoms with Gasteiger partial charge in [0.25, 0.3) is 0 Å². The van der Waals surface area contributed by atoms with Crippen molar-refractivity contribution in [2.45, 2.75) is 19.6 Å². The molecular weight excluding hydrogens is 382 g/mol. The molecule has 0 fully saturated rings. The van der Waals surface area contributed by atoms with E-state index in [1.165, 1.54) is 0 Å². The Hall–Kier alpha value is -2.28. The molecule has 0 aliphatic rings. The molecule has 0 aliphatic carbocycles. The van der Waals surface area contributed by atoms with Gasteiger partial charge in [0.1, 0.15) is 6.61 Å². The van der Waals surface area contributed by atoms with Crippen LogP contribution in [-0.2, 0) is 22.6 Å². The Balaban J connectivity index is 1.72. The van der Waals surface area contributed by atoms with Gasteiger partial charge in [-0.25, -0.2) is 4.98 Å². The summed E-state index contributed by atoms with van der Waals surface area (Å²) in [7, 11) is 0. The second kappa shape index (κ2) is 7.09. The lowest BCUT2D eigenvalue weighted by Crippen LogP contribution is -2.12. The summed E-state index contributed by atoms with van der Waals surface area (Å²) in [6.07, 6.45) is 0.0716. The summed E-state index contributed by atoms with van der Waals surface area (Å²) in [5.41, 5.74) is 1.54. The highest BCUT2D eigenvalue weighted by Crippen LogP contribution is 2.23. The number of fused-ring (bicyclic) bond motifs is 1. The molecule has 0 atom stereocenters. The number of hydrogen-bond donors (Lipinski definition) is 0. The standard InChI is InChI=1S/C17H13BrF2N2O2/c18-12-7-5-11(6-8-12)9-16(23)24-10-15-21-13-3-1-2-4-14(13)22(15)17(19)20/h1-8,17H,9-10H2. The molecule has 7 heteroatoms. The van der Waals surface area contributed by atoms with Crippen molar-refractivity contribution in [3.05, 3.63) is 64.4 Å². The number of rotatable bonds is 5. The number of hydrogen-bond acceptors (Lipinski definition) is 3. The maximum Gasteiger partial charge on any atom is 0.320 e. The van der Waals surface area contributed by atoms with E-state index in [0.29, 0.717) is 11.0 Å². The van der Waals surface area contributed by atoms with Crippen LogP contribution in [0.3, 0.4) is 0 Å². The van der Waals surface area contributed by atoms with Crippen molar-refractivity contribution in [2.24, 2.45) is 0 Å². The SMILES string of the molecule is O=C(Cc1ccc(Br)cc1)OCc1nc2ccccc2n1C(F)F. The molecule has 2 aromatic carbocycles. The topological polar surface area (TPSA) is 44.1 Å². The van der Waals surface area contributed by atoms with E-state index >= 15 is 0 Å². The smallest absolute Gasteiger partial charge is 0.320 e. The number of para-hydroxylation sites is 2. The fourth-order valence-corrected chi connectivity index (χ4v) is 2.64. The zero-order chi connectivity index (χ0) is 17.1. The van der Waals surface area contributed by atoms with Crippen molar-refractivity contribution >= 4 is 32.9 Å². The summed E-state index contributed by atoms with van der Waals surface area (Å²) in [5.74, 6) is -0.472. The highest BCUT2D eigenvalue weighted by atomic mass is 79.9. The second-order valence-electron chi connectivity index (χ2n) is 5.13. The van der Waals surface area contributed by atoms with Crippen molar-refractivity contribution in [2.75, 3.05) is 0 Å². The number of halogens is 3. The van der Waals surface area contributed by atoms with Crippen molar-refractivity contribution in [3.8, 4) is 0 Å². The first kappa shape index (κ1) is 16.6. The van der Waals surface area contributed by atoms with E-state index in [2.05, 4.69) is 20.9 Å². The molecular formula is C17H13BrF2N2O2. The van der Waals surface area contributed by atoms with E-state index in [-0.39, 0.29) is 18.9 Å². The largest absolute Gasteiger partial charge is 0.457 e. The predicted molar refractivity (Wildman–Crippen MR) is 88.6 cm³/mol. The lowest BCUT2D eigenvalue weighted by atomic mass is 10.2. The van der Waals surface area contributed by atoms with Gasteiger partial charge in [-0.1, -0.05) is 40.2 Å². The molecule has 4 nitrogen and oxygen atoms in total. The Morgan fingerprint density at radius 2 is 1.88 bits per heavy atom. The molecule has 1 aromatic heterocycles. The Bertz CT molecular complexity index is 863. The van der Waals surface area contributed by atoms with Crippen LogP contribution >= 0.6 is 15.9 Å². The van der Waals surface area contributed by atoms with Crippen LogP contribution in [0.2, 0.25) is 0 Å². The number of ether oxygens (including phenoxy) is 1. The number of aromatic nitrogens is 2. The molecule has 0 amide bonds. The monoisotopic (exact) mass is 394 g/mol. The third-order valence-electron chi connectivity index (χ3n) is 3.49. The highest BCUT2D eigenvalue weighted by Gasteiger charge is 2.18. The minimum Gasteiger partial charge on any atom is -0.457 e. The van der Waals surface area contributed by atoms with Crippen LogP contribution in [0.4, 0.5) is 8.78 Å². The predicted octanol–water partition coefficient (Wildman–Crippen LogP) is 4.48. The Labute approximate surface area is 145 Å². The zero-order valence-corrected chi connectivity index (χ0v) is 14.0. The van der Waals surface area contributed by atoms with Gasteiger partial charge in [0.05, 0.1) is 17.5 Å². The van der Waals surface area contributed by atoms with Crippen molar-refractivity contribution in [1.82, 2.24) is 9.55 Å². The first-order valence-electron chi connectivity index (χ1n) is 7.18. The van der Waals surface area contributed by atoms with Crippen LogP contribution in [0.5, 0.6) is 0 Å². The summed E-state index contributed by atoms with van der Waals surface area (Å²) in [5, 5.41) is 0. The van der Waals surface area contributed by atoms with E-state index in [0.717, 1.165) is 14.6 Å². The molecule has 0 saturated heterocycles. The van der Waals surface area contributed by atoms with Gasteiger partial charge >= 0.3 is 12.5 Å². The summed E-state index contributed by atoms with van der Waals surface area (Å²) < 4.78 is 33.4. The Morgan fingerprint density at radius 3 is 2.58 bits per heavy atom. The Kier molecular flexibility index (Phi) is 4.89. The molecule has 0 N–H and O–H groups in total. The molecule has 24 heavy (non-hydrogen) atoms. The lowest BCUT2D eigenvalue weighted by molar-refractivity contribution is -0.144. The van der Waals surface area contributed by atoms with Crippen LogP contribution in [0.15, 0.2) is 53.0 Å². The third kappa shape index (κ3) is 3.62. The molecule has 0 bridgehead atoms.